The lowest BCUT2D eigenvalue weighted by molar-refractivity contribution is 0.0954. The van der Waals surface area contributed by atoms with E-state index in [1.807, 2.05) is 77.8 Å². The number of benzene rings is 2. The molecule has 0 aliphatic heterocycles. The Balaban J connectivity index is 1.32. The second-order valence-corrected chi connectivity index (χ2v) is 6.60. The van der Waals surface area contributed by atoms with Crippen LogP contribution in [-0.2, 0) is 13.0 Å². The predicted molar refractivity (Wildman–Crippen MR) is 110 cm³/mol. The van der Waals surface area contributed by atoms with Gasteiger partial charge in [0.2, 0.25) is 0 Å². The van der Waals surface area contributed by atoms with Crippen LogP contribution in [0.3, 0.4) is 0 Å². The van der Waals surface area contributed by atoms with Gasteiger partial charge in [-0.05, 0) is 42.0 Å². The van der Waals surface area contributed by atoms with Gasteiger partial charge in [0.15, 0.2) is 0 Å². The highest BCUT2D eigenvalue weighted by Crippen LogP contribution is 2.10. The molecule has 1 amide bonds. The Bertz CT molecular complexity index is 1020. The lowest BCUT2D eigenvalue weighted by Crippen LogP contribution is -2.26. The number of aromatic nitrogens is 3. The maximum atomic E-state index is 12.4. The van der Waals surface area contributed by atoms with Crippen LogP contribution in [-0.4, -0.2) is 26.6 Å². The van der Waals surface area contributed by atoms with Gasteiger partial charge in [0.05, 0.1) is 0 Å². The van der Waals surface area contributed by atoms with Crippen molar-refractivity contribution in [2.75, 3.05) is 6.54 Å². The van der Waals surface area contributed by atoms with Gasteiger partial charge in [0.25, 0.3) is 5.91 Å². The fraction of sp³-hybridized carbons (Fsp3) is 0.130. The summed E-state index contributed by atoms with van der Waals surface area (Å²) in [5.41, 5.74) is 2.92. The summed E-state index contributed by atoms with van der Waals surface area (Å²) < 4.78 is 4.13. The molecule has 0 atom stereocenters. The summed E-state index contributed by atoms with van der Waals surface area (Å²) in [5, 5.41) is 2.98. The molecule has 2 aromatic heterocycles. The molecule has 0 aliphatic carbocycles. The minimum absolute atomic E-state index is 0.0692. The quantitative estimate of drug-likeness (QED) is 0.539. The fourth-order valence-electron chi connectivity index (χ4n) is 3.17. The van der Waals surface area contributed by atoms with Crippen LogP contribution in [0.4, 0.5) is 0 Å². The summed E-state index contributed by atoms with van der Waals surface area (Å²) in [5.74, 6) is 0.896. The standard InChI is InChI=1S/C23H22N4O/c28-23(20-8-10-21(11-9-20)26-15-4-5-16-26)25-13-12-22-24-14-17-27(22)18-19-6-2-1-3-7-19/h1-11,14-17H,12-13,18H2,(H,25,28). The summed E-state index contributed by atoms with van der Waals surface area (Å²) in [6, 6.07) is 21.8. The molecule has 0 spiro atoms. The number of hydrogen-bond acceptors (Lipinski definition) is 2. The van der Waals surface area contributed by atoms with Gasteiger partial charge >= 0.3 is 0 Å². The molecule has 0 fully saturated rings. The van der Waals surface area contributed by atoms with Crippen molar-refractivity contribution in [1.29, 1.82) is 0 Å². The molecule has 5 nitrogen and oxygen atoms in total. The highest BCUT2D eigenvalue weighted by Gasteiger charge is 2.08. The van der Waals surface area contributed by atoms with E-state index in [1.165, 1.54) is 5.56 Å². The molecule has 0 bridgehead atoms. The SMILES string of the molecule is O=C(NCCc1nccn1Cc1ccccc1)c1ccc(-n2cccc2)cc1. The highest BCUT2D eigenvalue weighted by molar-refractivity contribution is 5.94. The van der Waals surface area contributed by atoms with Crippen LogP contribution in [0.2, 0.25) is 0 Å². The fourth-order valence-corrected chi connectivity index (χ4v) is 3.17. The zero-order chi connectivity index (χ0) is 19.2. The van der Waals surface area contributed by atoms with Crippen molar-refractivity contribution in [3.8, 4) is 5.69 Å². The smallest absolute Gasteiger partial charge is 0.251 e. The van der Waals surface area contributed by atoms with Gasteiger partial charge in [-0.2, -0.15) is 0 Å². The van der Waals surface area contributed by atoms with Crippen molar-refractivity contribution in [3.05, 3.63) is 108 Å². The average Bonchev–Trinajstić information content (AvgIpc) is 3.42. The molecule has 2 heterocycles. The predicted octanol–water partition coefficient (Wildman–Crippen LogP) is 3.69. The number of hydrogen-bond donors (Lipinski definition) is 1. The Hall–Kier alpha value is -3.60. The maximum Gasteiger partial charge on any atom is 0.251 e. The van der Waals surface area contributed by atoms with Gasteiger partial charge in [-0.1, -0.05) is 30.3 Å². The minimum atomic E-state index is -0.0692. The normalized spacial score (nSPS) is 10.7. The van der Waals surface area contributed by atoms with Gasteiger partial charge in [-0.3, -0.25) is 4.79 Å². The molecule has 0 saturated carbocycles. The molecule has 0 aliphatic rings. The minimum Gasteiger partial charge on any atom is -0.352 e. The summed E-state index contributed by atoms with van der Waals surface area (Å²) in [7, 11) is 0. The number of nitrogens with one attached hydrogen (secondary N) is 1. The van der Waals surface area contributed by atoms with Crippen LogP contribution in [0.5, 0.6) is 0 Å². The van der Waals surface area contributed by atoms with E-state index in [2.05, 4.69) is 27.0 Å². The van der Waals surface area contributed by atoms with Crippen LogP contribution >= 0.6 is 0 Å². The first kappa shape index (κ1) is 17.8. The van der Waals surface area contributed by atoms with Crippen LogP contribution in [0.1, 0.15) is 21.7 Å². The number of carbonyl (C=O) groups is 1. The molecule has 4 aromatic rings. The van der Waals surface area contributed by atoms with Gasteiger partial charge in [0, 0.05) is 55.5 Å². The third-order valence-corrected chi connectivity index (χ3v) is 4.66. The molecule has 0 unspecified atom stereocenters. The Kier molecular flexibility index (Phi) is 5.33. The summed E-state index contributed by atoms with van der Waals surface area (Å²) in [6.45, 7) is 1.33. The van der Waals surface area contributed by atoms with Crippen molar-refractivity contribution < 1.29 is 4.79 Å². The van der Waals surface area contributed by atoms with Gasteiger partial charge < -0.3 is 14.5 Å². The Morgan fingerprint density at radius 1 is 0.893 bits per heavy atom. The van der Waals surface area contributed by atoms with E-state index in [1.54, 1.807) is 6.20 Å². The molecule has 28 heavy (non-hydrogen) atoms. The number of amides is 1. The first-order chi connectivity index (χ1) is 13.8. The molecule has 0 saturated heterocycles. The maximum absolute atomic E-state index is 12.4. The lowest BCUT2D eigenvalue weighted by atomic mass is 10.2. The van der Waals surface area contributed by atoms with E-state index in [4.69, 9.17) is 0 Å². The molecule has 2 aromatic carbocycles. The van der Waals surface area contributed by atoms with Crippen molar-refractivity contribution >= 4 is 5.91 Å². The van der Waals surface area contributed by atoms with E-state index in [-0.39, 0.29) is 5.91 Å². The molecule has 0 radical (unpaired) electrons. The lowest BCUT2D eigenvalue weighted by Gasteiger charge is -2.09. The zero-order valence-electron chi connectivity index (χ0n) is 15.5. The van der Waals surface area contributed by atoms with Crippen LogP contribution in [0, 0.1) is 0 Å². The Morgan fingerprint density at radius 3 is 2.39 bits per heavy atom. The average molecular weight is 370 g/mol. The van der Waals surface area contributed by atoms with Gasteiger partial charge in [0.1, 0.15) is 5.82 Å². The van der Waals surface area contributed by atoms with Crippen LogP contribution in [0.25, 0.3) is 5.69 Å². The summed E-state index contributed by atoms with van der Waals surface area (Å²) in [6.07, 6.45) is 8.43. The number of imidazole rings is 1. The largest absolute Gasteiger partial charge is 0.352 e. The van der Waals surface area contributed by atoms with Gasteiger partial charge in [-0.15, -0.1) is 0 Å². The highest BCUT2D eigenvalue weighted by atomic mass is 16.1. The van der Waals surface area contributed by atoms with Crippen molar-refractivity contribution in [2.24, 2.45) is 0 Å². The molecular weight excluding hydrogens is 348 g/mol. The Morgan fingerprint density at radius 2 is 1.64 bits per heavy atom. The Labute approximate surface area is 164 Å². The third kappa shape index (κ3) is 4.20. The molecule has 1 N–H and O–H groups in total. The monoisotopic (exact) mass is 370 g/mol. The van der Waals surface area contributed by atoms with Gasteiger partial charge in [-0.25, -0.2) is 4.98 Å². The number of carbonyl (C=O) groups excluding carboxylic acids is 1. The molecule has 5 heteroatoms. The van der Waals surface area contributed by atoms with E-state index >= 15 is 0 Å². The second-order valence-electron chi connectivity index (χ2n) is 6.60. The van der Waals surface area contributed by atoms with Crippen molar-refractivity contribution in [2.45, 2.75) is 13.0 Å². The van der Waals surface area contributed by atoms with E-state index < -0.39 is 0 Å². The van der Waals surface area contributed by atoms with Crippen molar-refractivity contribution in [3.63, 3.8) is 0 Å². The second kappa shape index (κ2) is 8.39. The van der Waals surface area contributed by atoms with Crippen LogP contribution < -0.4 is 5.32 Å². The summed E-state index contributed by atoms with van der Waals surface area (Å²) >= 11 is 0. The number of nitrogens with zero attached hydrogens (tertiary/aromatic N) is 3. The van der Waals surface area contributed by atoms with Crippen molar-refractivity contribution in [1.82, 2.24) is 19.4 Å². The topological polar surface area (TPSA) is 51.9 Å². The first-order valence-electron chi connectivity index (χ1n) is 9.35. The molecular formula is C23H22N4O. The third-order valence-electron chi connectivity index (χ3n) is 4.66. The summed E-state index contributed by atoms with van der Waals surface area (Å²) in [4.78, 5) is 16.8. The molecule has 140 valence electrons. The molecule has 4 rings (SSSR count). The van der Waals surface area contributed by atoms with E-state index in [9.17, 15) is 4.79 Å². The van der Waals surface area contributed by atoms with E-state index in [0.717, 1.165) is 18.1 Å². The van der Waals surface area contributed by atoms with Crippen LogP contribution in [0.15, 0.2) is 91.5 Å². The zero-order valence-corrected chi connectivity index (χ0v) is 15.5. The first-order valence-corrected chi connectivity index (χ1v) is 9.35. The van der Waals surface area contributed by atoms with E-state index in [0.29, 0.717) is 18.5 Å². The number of rotatable bonds is 7.